The van der Waals surface area contributed by atoms with Gasteiger partial charge >= 0.3 is 0 Å². The smallest absolute Gasteiger partial charge is 0.147 e. The summed E-state index contributed by atoms with van der Waals surface area (Å²) >= 11 is 1.79. The molecule has 0 saturated heterocycles. The molecule has 0 aliphatic heterocycles. The van der Waals surface area contributed by atoms with Gasteiger partial charge in [0.25, 0.3) is 0 Å². The Morgan fingerprint density at radius 3 is 2.18 bits per heavy atom. The Bertz CT molecular complexity index is 1950. The lowest BCUT2D eigenvalue weighted by atomic mass is 9.85. The van der Waals surface area contributed by atoms with E-state index in [9.17, 15) is 0 Å². The maximum absolute atomic E-state index is 5.24. The molecule has 0 fully saturated rings. The largest absolute Gasteiger partial charge is 0.292 e. The first-order chi connectivity index (χ1) is 18.5. The molecule has 0 unspecified atom stereocenters. The summed E-state index contributed by atoms with van der Waals surface area (Å²) in [5.74, 6) is 0.980. The molecule has 0 aliphatic rings. The van der Waals surface area contributed by atoms with Crippen LogP contribution in [0.5, 0.6) is 0 Å². The van der Waals surface area contributed by atoms with Crippen LogP contribution >= 0.6 is 11.3 Å². The zero-order chi connectivity index (χ0) is 25.9. The molecule has 7 aromatic rings. The number of thiophene rings is 1. The molecule has 2 nitrogen and oxygen atoms in total. The molecule has 0 N–H and O–H groups in total. The number of para-hydroxylation sites is 2. The Balaban J connectivity index is 1.55. The van der Waals surface area contributed by atoms with Crippen molar-refractivity contribution in [1.29, 1.82) is 0 Å². The number of benzene rings is 5. The molecular weight excluding hydrogens is 480 g/mol. The lowest BCUT2D eigenvalue weighted by molar-refractivity contribution is 0.590. The minimum Gasteiger partial charge on any atom is -0.292 e. The number of fused-ring (bicyclic) bond motifs is 3. The molecule has 0 bridgehead atoms. The first-order valence-corrected chi connectivity index (χ1v) is 13.9. The van der Waals surface area contributed by atoms with Crippen LogP contribution in [-0.4, -0.2) is 9.55 Å². The van der Waals surface area contributed by atoms with Gasteiger partial charge in [0.05, 0.1) is 16.7 Å². The van der Waals surface area contributed by atoms with E-state index in [1.54, 1.807) is 11.3 Å². The number of aromatic nitrogens is 2. The zero-order valence-corrected chi connectivity index (χ0v) is 22.6. The lowest BCUT2D eigenvalue weighted by Gasteiger charge is -2.23. The van der Waals surface area contributed by atoms with Crippen molar-refractivity contribution in [2.45, 2.75) is 26.2 Å². The van der Waals surface area contributed by atoms with Crippen molar-refractivity contribution in [2.75, 3.05) is 0 Å². The first-order valence-electron chi connectivity index (χ1n) is 13.1. The second-order valence-corrected chi connectivity index (χ2v) is 11.9. The van der Waals surface area contributed by atoms with E-state index in [0.29, 0.717) is 0 Å². The van der Waals surface area contributed by atoms with Gasteiger partial charge in [0.15, 0.2) is 0 Å². The molecule has 38 heavy (non-hydrogen) atoms. The second kappa shape index (κ2) is 8.68. The van der Waals surface area contributed by atoms with Crippen molar-refractivity contribution in [3.05, 3.63) is 120 Å². The van der Waals surface area contributed by atoms with E-state index in [2.05, 4.69) is 140 Å². The highest BCUT2D eigenvalue weighted by Crippen LogP contribution is 2.41. The summed E-state index contributed by atoms with van der Waals surface area (Å²) in [5, 5.41) is 6.04. The van der Waals surface area contributed by atoms with E-state index in [1.165, 1.54) is 43.1 Å². The molecule has 3 heteroatoms. The number of imidazole rings is 1. The summed E-state index contributed by atoms with van der Waals surface area (Å²) in [6.07, 6.45) is 0. The minimum atomic E-state index is 0.0481. The Hall–Kier alpha value is -4.21. The van der Waals surface area contributed by atoms with E-state index in [-0.39, 0.29) is 5.41 Å². The van der Waals surface area contributed by atoms with Gasteiger partial charge in [-0.2, -0.15) is 0 Å². The summed E-state index contributed by atoms with van der Waals surface area (Å²) in [4.78, 5) is 5.24. The summed E-state index contributed by atoms with van der Waals surface area (Å²) in [6, 6.07) is 39.3. The molecule has 7 rings (SSSR count). The highest BCUT2D eigenvalue weighted by molar-refractivity contribution is 7.17. The maximum Gasteiger partial charge on any atom is 0.147 e. The van der Waals surface area contributed by atoms with Crippen LogP contribution in [0.25, 0.3) is 60.1 Å². The van der Waals surface area contributed by atoms with E-state index >= 15 is 0 Å². The van der Waals surface area contributed by atoms with Crippen molar-refractivity contribution in [2.24, 2.45) is 0 Å². The van der Waals surface area contributed by atoms with Crippen LogP contribution < -0.4 is 0 Å². The van der Waals surface area contributed by atoms with Crippen molar-refractivity contribution < 1.29 is 0 Å². The Morgan fingerprint density at radius 1 is 0.684 bits per heavy atom. The quantitative estimate of drug-likeness (QED) is 0.232. The molecule has 0 amide bonds. The van der Waals surface area contributed by atoms with E-state index < -0.39 is 0 Å². The number of rotatable bonds is 3. The van der Waals surface area contributed by atoms with Gasteiger partial charge in [-0.05, 0) is 63.7 Å². The van der Waals surface area contributed by atoms with Gasteiger partial charge in [-0.1, -0.05) is 93.6 Å². The van der Waals surface area contributed by atoms with Crippen LogP contribution in [0, 0.1) is 0 Å². The highest BCUT2D eigenvalue weighted by Gasteiger charge is 2.22. The molecule has 2 aromatic heterocycles. The van der Waals surface area contributed by atoms with Crippen LogP contribution in [-0.2, 0) is 5.41 Å². The number of nitrogens with zero attached hydrogens (tertiary/aromatic N) is 2. The minimum absolute atomic E-state index is 0.0481. The summed E-state index contributed by atoms with van der Waals surface area (Å²) in [6.45, 7) is 6.82. The fraction of sp³-hybridized carbons (Fsp3) is 0.114. The maximum atomic E-state index is 5.24. The third-order valence-corrected chi connectivity index (χ3v) is 8.38. The molecule has 184 valence electrons. The molecule has 5 aromatic carbocycles. The Morgan fingerprint density at radius 2 is 1.39 bits per heavy atom. The fourth-order valence-electron chi connectivity index (χ4n) is 5.38. The van der Waals surface area contributed by atoms with Gasteiger partial charge in [-0.15, -0.1) is 11.3 Å². The predicted octanol–water partition coefficient (Wildman–Crippen LogP) is 10.0. The summed E-state index contributed by atoms with van der Waals surface area (Å²) in [7, 11) is 0. The first kappa shape index (κ1) is 22.9. The van der Waals surface area contributed by atoms with E-state index in [0.717, 1.165) is 22.5 Å². The molecule has 0 radical (unpaired) electrons. The van der Waals surface area contributed by atoms with Crippen LogP contribution in [0.2, 0.25) is 0 Å². The van der Waals surface area contributed by atoms with Gasteiger partial charge in [0.2, 0.25) is 0 Å². The second-order valence-electron chi connectivity index (χ2n) is 11.0. The highest BCUT2D eigenvalue weighted by atomic mass is 32.1. The van der Waals surface area contributed by atoms with E-state index in [4.69, 9.17) is 4.98 Å². The Kier molecular flexibility index (Phi) is 5.24. The SMILES string of the molecule is CC(C)(C)c1ccc(-n2c(-c3csc4cc5ccccc5cc34)nc3ccccc32)c(-c2ccccc2)c1. The van der Waals surface area contributed by atoms with Crippen molar-refractivity contribution in [1.82, 2.24) is 9.55 Å². The Labute approximate surface area is 226 Å². The normalized spacial score (nSPS) is 12.1. The van der Waals surface area contributed by atoms with Crippen molar-refractivity contribution in [3.63, 3.8) is 0 Å². The topological polar surface area (TPSA) is 17.8 Å². The molecule has 0 aliphatic carbocycles. The van der Waals surface area contributed by atoms with E-state index in [1.807, 2.05) is 0 Å². The third kappa shape index (κ3) is 3.74. The standard InChI is InChI=1S/C35H28N2S/c1-35(2,3)26-17-18-31(27(21-26)23-11-5-4-6-12-23)37-32-16-10-9-15-30(32)36-34(37)29-22-38-33-20-25-14-8-7-13-24(25)19-28(29)33/h4-22H,1-3H3. The van der Waals surface area contributed by atoms with Crippen LogP contribution in [0.4, 0.5) is 0 Å². The third-order valence-electron chi connectivity index (χ3n) is 7.43. The van der Waals surface area contributed by atoms with Gasteiger partial charge in [0, 0.05) is 26.6 Å². The van der Waals surface area contributed by atoms with Crippen LogP contribution in [0.15, 0.2) is 115 Å². The predicted molar refractivity (Wildman–Crippen MR) is 164 cm³/mol. The molecular formula is C35H28N2S. The molecule has 0 atom stereocenters. The monoisotopic (exact) mass is 508 g/mol. The van der Waals surface area contributed by atoms with Crippen LogP contribution in [0.3, 0.4) is 0 Å². The molecule has 2 heterocycles. The van der Waals surface area contributed by atoms with Gasteiger partial charge in [-0.25, -0.2) is 4.98 Å². The summed E-state index contributed by atoms with van der Waals surface area (Å²) in [5.41, 5.74) is 8.22. The summed E-state index contributed by atoms with van der Waals surface area (Å²) < 4.78 is 3.64. The van der Waals surface area contributed by atoms with Crippen LogP contribution in [0.1, 0.15) is 26.3 Å². The van der Waals surface area contributed by atoms with Gasteiger partial charge in [0.1, 0.15) is 5.82 Å². The average molecular weight is 509 g/mol. The fourth-order valence-corrected chi connectivity index (χ4v) is 6.35. The molecule has 0 saturated carbocycles. The van der Waals surface area contributed by atoms with Crippen molar-refractivity contribution >= 4 is 43.2 Å². The lowest BCUT2D eigenvalue weighted by Crippen LogP contribution is -2.12. The zero-order valence-electron chi connectivity index (χ0n) is 21.8. The number of hydrogen-bond donors (Lipinski definition) is 0. The van der Waals surface area contributed by atoms with Crippen molar-refractivity contribution in [3.8, 4) is 28.2 Å². The number of hydrogen-bond acceptors (Lipinski definition) is 2. The van der Waals surface area contributed by atoms with Gasteiger partial charge in [-0.3, -0.25) is 4.57 Å². The average Bonchev–Trinajstić information content (AvgIpc) is 3.52. The van der Waals surface area contributed by atoms with Gasteiger partial charge < -0.3 is 0 Å². The molecule has 0 spiro atoms.